The Morgan fingerprint density at radius 2 is 2.13 bits per heavy atom. The number of para-hydroxylation sites is 1. The summed E-state index contributed by atoms with van der Waals surface area (Å²) in [5.41, 5.74) is 2.81. The van der Waals surface area contributed by atoms with E-state index in [0.717, 1.165) is 16.9 Å². The van der Waals surface area contributed by atoms with Crippen LogP contribution in [-0.2, 0) is 34.2 Å². The largest absolute Gasteiger partial charge is 0.469 e. The van der Waals surface area contributed by atoms with Crippen molar-refractivity contribution < 1.29 is 14.3 Å². The zero-order valence-electron chi connectivity index (χ0n) is 13.2. The third-order valence-electron chi connectivity index (χ3n) is 4.22. The number of carbonyl (C=O) groups excluding carboxylic acids is 2. The lowest BCUT2D eigenvalue weighted by atomic mass is 10.1. The van der Waals surface area contributed by atoms with Crippen LogP contribution in [0.25, 0.3) is 0 Å². The van der Waals surface area contributed by atoms with Gasteiger partial charge in [-0.2, -0.15) is 0 Å². The van der Waals surface area contributed by atoms with Crippen LogP contribution in [0.15, 0.2) is 36.8 Å². The third-order valence-corrected chi connectivity index (χ3v) is 4.22. The number of nitrogens with zero attached hydrogens (tertiary/aromatic N) is 3. The molecule has 120 valence electrons. The van der Waals surface area contributed by atoms with Crippen molar-refractivity contribution in [1.82, 2.24) is 9.55 Å². The van der Waals surface area contributed by atoms with Crippen molar-refractivity contribution in [2.75, 3.05) is 12.0 Å². The van der Waals surface area contributed by atoms with Gasteiger partial charge in [-0.15, -0.1) is 0 Å². The number of rotatable bonds is 4. The maximum atomic E-state index is 12.8. The van der Waals surface area contributed by atoms with Gasteiger partial charge in [0.15, 0.2) is 0 Å². The van der Waals surface area contributed by atoms with Crippen molar-refractivity contribution in [1.29, 1.82) is 0 Å². The summed E-state index contributed by atoms with van der Waals surface area (Å²) in [6.07, 6.45) is 4.48. The van der Waals surface area contributed by atoms with Gasteiger partial charge in [0.05, 0.1) is 32.3 Å². The number of aromatic nitrogens is 2. The number of methoxy groups -OCH3 is 1. The van der Waals surface area contributed by atoms with Crippen LogP contribution in [0, 0.1) is 0 Å². The molecule has 6 nitrogen and oxygen atoms in total. The molecule has 0 N–H and O–H groups in total. The lowest BCUT2D eigenvalue weighted by Gasteiger charge is -2.25. The number of aryl methyl sites for hydroxylation is 1. The molecule has 0 spiro atoms. The summed E-state index contributed by atoms with van der Waals surface area (Å²) in [4.78, 5) is 30.3. The van der Waals surface area contributed by atoms with Gasteiger partial charge in [-0.1, -0.05) is 18.2 Å². The first-order valence-corrected chi connectivity index (χ1v) is 7.52. The molecule has 1 unspecified atom stereocenters. The number of benzene rings is 1. The van der Waals surface area contributed by atoms with Gasteiger partial charge in [0.25, 0.3) is 0 Å². The van der Waals surface area contributed by atoms with E-state index in [1.54, 1.807) is 17.4 Å². The Bertz CT molecular complexity index is 738. The van der Waals surface area contributed by atoms with E-state index in [1.807, 2.05) is 35.9 Å². The zero-order valence-corrected chi connectivity index (χ0v) is 13.2. The van der Waals surface area contributed by atoms with Crippen LogP contribution >= 0.6 is 0 Å². The van der Waals surface area contributed by atoms with Crippen LogP contribution in [0.1, 0.15) is 17.7 Å². The number of hydrogen-bond acceptors (Lipinski definition) is 4. The van der Waals surface area contributed by atoms with Gasteiger partial charge in [0.1, 0.15) is 0 Å². The molecular formula is C17H19N3O3. The van der Waals surface area contributed by atoms with E-state index in [9.17, 15) is 9.59 Å². The van der Waals surface area contributed by atoms with Gasteiger partial charge in [-0.3, -0.25) is 9.59 Å². The van der Waals surface area contributed by atoms with Crippen LogP contribution in [0.2, 0.25) is 0 Å². The molecule has 0 saturated heterocycles. The Morgan fingerprint density at radius 1 is 1.35 bits per heavy atom. The second-order valence-electron chi connectivity index (χ2n) is 5.70. The first-order valence-electron chi connectivity index (χ1n) is 7.52. The summed E-state index contributed by atoms with van der Waals surface area (Å²) in [5.74, 6) is -0.339. The van der Waals surface area contributed by atoms with E-state index >= 15 is 0 Å². The average Bonchev–Trinajstić information content (AvgIpc) is 3.10. The van der Waals surface area contributed by atoms with Crippen LogP contribution in [0.3, 0.4) is 0 Å². The van der Waals surface area contributed by atoms with E-state index in [1.165, 1.54) is 7.11 Å². The molecule has 1 aliphatic heterocycles. The van der Waals surface area contributed by atoms with Crippen molar-refractivity contribution in [2.45, 2.75) is 25.3 Å². The summed E-state index contributed by atoms with van der Waals surface area (Å²) in [6, 6.07) is 7.58. The van der Waals surface area contributed by atoms with Gasteiger partial charge in [0.2, 0.25) is 5.91 Å². The highest BCUT2D eigenvalue weighted by molar-refractivity contribution is 5.98. The van der Waals surface area contributed by atoms with Crippen LogP contribution in [-0.4, -0.2) is 34.6 Å². The van der Waals surface area contributed by atoms with Gasteiger partial charge in [-0.25, -0.2) is 4.98 Å². The Kier molecular flexibility index (Phi) is 4.14. The normalized spacial score (nSPS) is 16.3. The Balaban J connectivity index is 1.87. The van der Waals surface area contributed by atoms with E-state index in [4.69, 9.17) is 4.74 Å². The summed E-state index contributed by atoms with van der Waals surface area (Å²) in [7, 11) is 3.23. The standard InChI is InChI=1S/C17H19N3O3/c1-19-11-18-10-14(19)8-16(21)20-13(9-17(22)23-2)7-12-5-3-4-6-15(12)20/h3-6,10-11,13H,7-9H2,1-2H3. The Morgan fingerprint density at radius 3 is 2.83 bits per heavy atom. The van der Waals surface area contributed by atoms with Crippen molar-refractivity contribution in [2.24, 2.45) is 7.05 Å². The molecule has 1 aromatic heterocycles. The summed E-state index contributed by atoms with van der Waals surface area (Å²) < 4.78 is 6.60. The molecule has 1 aliphatic rings. The number of imidazole rings is 1. The maximum absolute atomic E-state index is 12.8. The average molecular weight is 313 g/mol. The van der Waals surface area contributed by atoms with Crippen molar-refractivity contribution in [3.05, 3.63) is 48.0 Å². The minimum atomic E-state index is -0.305. The highest BCUT2D eigenvalue weighted by atomic mass is 16.5. The van der Waals surface area contributed by atoms with Gasteiger partial charge in [-0.05, 0) is 18.1 Å². The highest BCUT2D eigenvalue weighted by Crippen LogP contribution is 2.34. The molecule has 0 fully saturated rings. The predicted molar refractivity (Wildman–Crippen MR) is 85.0 cm³/mol. The van der Waals surface area contributed by atoms with Crippen LogP contribution in [0.5, 0.6) is 0 Å². The minimum Gasteiger partial charge on any atom is -0.469 e. The molecule has 1 atom stereocenters. The molecule has 0 radical (unpaired) electrons. The lowest BCUT2D eigenvalue weighted by Crippen LogP contribution is -2.40. The fourth-order valence-corrected chi connectivity index (χ4v) is 3.03. The summed E-state index contributed by atoms with van der Waals surface area (Å²) in [5, 5.41) is 0. The minimum absolute atomic E-state index is 0.0348. The number of fused-ring (bicyclic) bond motifs is 1. The topological polar surface area (TPSA) is 64.4 Å². The molecule has 3 rings (SSSR count). The van der Waals surface area contributed by atoms with Gasteiger partial charge >= 0.3 is 5.97 Å². The maximum Gasteiger partial charge on any atom is 0.307 e. The first-order chi connectivity index (χ1) is 11.1. The second kappa shape index (κ2) is 6.24. The predicted octanol–water partition coefficient (Wildman–Crippen LogP) is 1.48. The third kappa shape index (κ3) is 2.97. The molecule has 0 saturated carbocycles. The molecular weight excluding hydrogens is 294 g/mol. The fraction of sp³-hybridized carbons (Fsp3) is 0.353. The summed E-state index contributed by atoms with van der Waals surface area (Å²) in [6.45, 7) is 0. The highest BCUT2D eigenvalue weighted by Gasteiger charge is 2.35. The monoisotopic (exact) mass is 313 g/mol. The lowest BCUT2D eigenvalue weighted by molar-refractivity contribution is -0.141. The molecule has 2 aromatic rings. The number of ether oxygens (including phenoxy) is 1. The van der Waals surface area contributed by atoms with E-state index < -0.39 is 0 Å². The van der Waals surface area contributed by atoms with Gasteiger partial charge in [0, 0.05) is 24.6 Å². The number of hydrogen-bond donors (Lipinski definition) is 0. The molecule has 6 heteroatoms. The molecule has 1 amide bonds. The Labute approximate surface area is 134 Å². The quantitative estimate of drug-likeness (QED) is 0.802. The number of esters is 1. The van der Waals surface area contributed by atoms with Crippen LogP contribution in [0.4, 0.5) is 5.69 Å². The van der Waals surface area contributed by atoms with E-state index in [0.29, 0.717) is 6.42 Å². The number of carbonyl (C=O) groups is 2. The number of amides is 1. The smallest absolute Gasteiger partial charge is 0.307 e. The molecule has 0 bridgehead atoms. The summed E-state index contributed by atoms with van der Waals surface area (Å²) >= 11 is 0. The Hall–Kier alpha value is -2.63. The fourth-order valence-electron chi connectivity index (χ4n) is 3.03. The number of anilines is 1. The van der Waals surface area contributed by atoms with Crippen molar-refractivity contribution in [3.8, 4) is 0 Å². The SMILES string of the molecule is COC(=O)CC1Cc2ccccc2N1C(=O)Cc1cncn1C. The molecule has 2 heterocycles. The van der Waals surface area contributed by atoms with Crippen molar-refractivity contribution in [3.63, 3.8) is 0 Å². The van der Waals surface area contributed by atoms with E-state index in [2.05, 4.69) is 4.98 Å². The first kappa shape index (κ1) is 15.3. The molecule has 23 heavy (non-hydrogen) atoms. The van der Waals surface area contributed by atoms with Crippen LogP contribution < -0.4 is 4.90 Å². The molecule has 1 aromatic carbocycles. The zero-order chi connectivity index (χ0) is 16.4. The second-order valence-corrected chi connectivity index (χ2v) is 5.70. The van der Waals surface area contributed by atoms with Crippen molar-refractivity contribution >= 4 is 17.6 Å². The van der Waals surface area contributed by atoms with E-state index in [-0.39, 0.29) is 30.8 Å². The van der Waals surface area contributed by atoms with Gasteiger partial charge < -0.3 is 14.2 Å². The molecule has 0 aliphatic carbocycles.